The second-order valence-corrected chi connectivity index (χ2v) is 6.54. The first-order valence-electron chi connectivity index (χ1n) is 9.18. The second-order valence-electron chi connectivity index (χ2n) is 6.54. The minimum absolute atomic E-state index is 0.551. The minimum Gasteiger partial charge on any atom is -0.394 e. The molecule has 1 aliphatic heterocycles. The molecule has 0 aromatic heterocycles. The Hall–Kier alpha value is -1.50. The molecule has 0 bridgehead atoms. The van der Waals surface area contributed by atoms with Gasteiger partial charge in [0.25, 0.3) is 5.91 Å². The number of hydrogen-bond acceptors (Lipinski definition) is 5. The molecule has 1 amide bonds. The van der Waals surface area contributed by atoms with E-state index in [1.807, 2.05) is 6.08 Å². The molecule has 6 nitrogen and oxygen atoms in total. The first-order valence-corrected chi connectivity index (χ1v) is 9.18. The molecule has 1 heterocycles. The highest BCUT2D eigenvalue weighted by molar-refractivity contribution is 6.16. The van der Waals surface area contributed by atoms with E-state index in [0.29, 0.717) is 0 Å². The van der Waals surface area contributed by atoms with Crippen molar-refractivity contribution >= 4 is 11.7 Å². The number of nitrogens with one attached hydrogen (secondary N) is 1. The average molecular weight is 353 g/mol. The van der Waals surface area contributed by atoms with E-state index in [2.05, 4.69) is 12.2 Å². The third kappa shape index (κ3) is 6.06. The Kier molecular flexibility index (Phi) is 9.63. The third-order valence-electron chi connectivity index (χ3n) is 4.51. The molecule has 0 spiro atoms. The number of aliphatic hydroxyl groups is 3. The molecule has 25 heavy (non-hydrogen) atoms. The fourth-order valence-corrected chi connectivity index (χ4v) is 2.85. The molecule has 1 aliphatic rings. The predicted octanol–water partition coefficient (Wildman–Crippen LogP) is 1.39. The minimum atomic E-state index is -2.53. The van der Waals surface area contributed by atoms with Crippen molar-refractivity contribution < 1.29 is 24.9 Å². The first kappa shape index (κ1) is 21.5. The van der Waals surface area contributed by atoms with Crippen molar-refractivity contribution in [2.24, 2.45) is 0 Å². The molecule has 0 aliphatic carbocycles. The number of amides is 1. The van der Waals surface area contributed by atoms with E-state index >= 15 is 0 Å². The predicted molar refractivity (Wildman–Crippen MR) is 95.9 cm³/mol. The van der Waals surface area contributed by atoms with Gasteiger partial charge in [-0.1, -0.05) is 63.7 Å². The van der Waals surface area contributed by atoms with E-state index in [1.54, 1.807) is 6.08 Å². The summed E-state index contributed by atoms with van der Waals surface area (Å²) in [4.78, 5) is 23.8. The van der Waals surface area contributed by atoms with Crippen molar-refractivity contribution in [3.8, 4) is 0 Å². The van der Waals surface area contributed by atoms with E-state index in [9.17, 15) is 19.8 Å². The van der Waals surface area contributed by atoms with E-state index in [4.69, 9.17) is 5.11 Å². The molecule has 142 valence electrons. The Balaban J connectivity index is 2.31. The highest BCUT2D eigenvalue weighted by Crippen LogP contribution is 2.23. The van der Waals surface area contributed by atoms with Crippen LogP contribution in [0, 0.1) is 0 Å². The Morgan fingerprint density at radius 2 is 1.80 bits per heavy atom. The number of unbranched alkanes of at least 4 members (excludes halogenated alkanes) is 7. The van der Waals surface area contributed by atoms with Crippen LogP contribution in [0.4, 0.5) is 0 Å². The number of rotatable bonds is 12. The van der Waals surface area contributed by atoms with Gasteiger partial charge in [-0.2, -0.15) is 0 Å². The number of allylic oxidation sites excluding steroid dienone is 3. The molecule has 1 saturated heterocycles. The van der Waals surface area contributed by atoms with Crippen molar-refractivity contribution in [1.29, 1.82) is 0 Å². The molecular formula is C19H31NO5. The van der Waals surface area contributed by atoms with Crippen LogP contribution in [0.15, 0.2) is 24.3 Å². The molecule has 0 unspecified atom stereocenters. The zero-order valence-electron chi connectivity index (χ0n) is 15.0. The van der Waals surface area contributed by atoms with Crippen LogP contribution in [0.5, 0.6) is 0 Å². The average Bonchev–Trinajstić information content (AvgIpc) is 2.84. The van der Waals surface area contributed by atoms with Gasteiger partial charge in [-0.25, -0.2) is 0 Å². The summed E-state index contributed by atoms with van der Waals surface area (Å²) < 4.78 is 0. The molecule has 0 radical (unpaired) electrons. The molecule has 6 heteroatoms. The SMILES string of the molecule is CCCCCCCCCC=CC=CC(=O)[C@]1(O)C(=O)N[C@@H](CO)[C@@H]1O. The lowest BCUT2D eigenvalue weighted by atomic mass is 9.91. The summed E-state index contributed by atoms with van der Waals surface area (Å²) >= 11 is 0. The highest BCUT2D eigenvalue weighted by atomic mass is 16.4. The summed E-state index contributed by atoms with van der Waals surface area (Å²) in [6.45, 7) is 1.65. The zero-order valence-corrected chi connectivity index (χ0v) is 15.0. The summed E-state index contributed by atoms with van der Waals surface area (Å²) in [5.41, 5.74) is -2.53. The van der Waals surface area contributed by atoms with Gasteiger partial charge in [0, 0.05) is 0 Å². The Morgan fingerprint density at radius 1 is 1.16 bits per heavy atom. The van der Waals surface area contributed by atoms with Crippen molar-refractivity contribution in [2.75, 3.05) is 6.61 Å². The van der Waals surface area contributed by atoms with Crippen molar-refractivity contribution in [2.45, 2.75) is 76.0 Å². The van der Waals surface area contributed by atoms with Crippen LogP contribution >= 0.6 is 0 Å². The maximum Gasteiger partial charge on any atom is 0.263 e. The van der Waals surface area contributed by atoms with Crippen LogP contribution in [-0.4, -0.2) is 51.4 Å². The summed E-state index contributed by atoms with van der Waals surface area (Å²) in [5, 5.41) is 31.2. The van der Waals surface area contributed by atoms with Crippen LogP contribution < -0.4 is 5.32 Å². The van der Waals surface area contributed by atoms with E-state index in [0.717, 1.165) is 18.9 Å². The molecule has 0 saturated carbocycles. The van der Waals surface area contributed by atoms with Gasteiger partial charge in [-0.15, -0.1) is 0 Å². The van der Waals surface area contributed by atoms with Crippen LogP contribution in [-0.2, 0) is 9.59 Å². The Bertz CT molecular complexity index is 488. The molecule has 1 fully saturated rings. The van der Waals surface area contributed by atoms with Gasteiger partial charge in [-0.3, -0.25) is 9.59 Å². The molecular weight excluding hydrogens is 322 g/mol. The summed E-state index contributed by atoms with van der Waals surface area (Å²) in [6.07, 6.45) is 14.1. The lowest BCUT2D eigenvalue weighted by Crippen LogP contribution is -2.52. The van der Waals surface area contributed by atoms with Crippen LogP contribution in [0.1, 0.15) is 58.3 Å². The van der Waals surface area contributed by atoms with Gasteiger partial charge in [0.2, 0.25) is 5.60 Å². The van der Waals surface area contributed by atoms with Crippen LogP contribution in [0.2, 0.25) is 0 Å². The highest BCUT2D eigenvalue weighted by Gasteiger charge is 2.57. The number of hydrogen-bond donors (Lipinski definition) is 4. The number of carbonyl (C=O) groups excluding carboxylic acids is 2. The maximum absolute atomic E-state index is 12.0. The van der Waals surface area contributed by atoms with Crippen molar-refractivity contribution in [3.63, 3.8) is 0 Å². The molecule has 4 N–H and O–H groups in total. The van der Waals surface area contributed by atoms with E-state index in [-0.39, 0.29) is 0 Å². The first-order chi connectivity index (χ1) is 12.0. The van der Waals surface area contributed by atoms with Crippen molar-refractivity contribution in [3.05, 3.63) is 24.3 Å². The summed E-state index contributed by atoms with van der Waals surface area (Å²) in [7, 11) is 0. The van der Waals surface area contributed by atoms with Gasteiger partial charge in [-0.05, 0) is 18.9 Å². The van der Waals surface area contributed by atoms with Gasteiger partial charge >= 0.3 is 0 Å². The van der Waals surface area contributed by atoms with Crippen LogP contribution in [0.3, 0.4) is 0 Å². The third-order valence-corrected chi connectivity index (χ3v) is 4.51. The number of aliphatic hydroxyl groups excluding tert-OH is 2. The fourth-order valence-electron chi connectivity index (χ4n) is 2.85. The molecule has 0 aromatic rings. The smallest absolute Gasteiger partial charge is 0.263 e. The summed E-state index contributed by atoms with van der Waals surface area (Å²) in [6, 6.07) is -1.04. The van der Waals surface area contributed by atoms with Gasteiger partial charge in [0.05, 0.1) is 12.6 Å². The lowest BCUT2D eigenvalue weighted by Gasteiger charge is -2.21. The molecule has 0 aromatic carbocycles. The monoisotopic (exact) mass is 353 g/mol. The standard InChI is InChI=1S/C19H31NO5/c1-2-3-4-5-6-7-8-9-10-11-12-13-16(22)19(25)17(23)15(14-21)20-18(19)24/h10-13,15,17,21,23,25H,2-9,14H2,1H3,(H,20,24)/t15-,17-,19+/m0/s1. The molecule has 1 rings (SSSR count). The Morgan fingerprint density at radius 3 is 2.40 bits per heavy atom. The topological polar surface area (TPSA) is 107 Å². The number of ketones is 1. The maximum atomic E-state index is 12.0. The lowest BCUT2D eigenvalue weighted by molar-refractivity contribution is -0.154. The number of carbonyl (C=O) groups is 2. The summed E-state index contributed by atoms with van der Waals surface area (Å²) in [5.74, 6) is -1.88. The zero-order chi connectivity index (χ0) is 18.7. The Labute approximate surface area is 149 Å². The van der Waals surface area contributed by atoms with Gasteiger partial charge < -0.3 is 20.6 Å². The second kappa shape index (κ2) is 11.2. The fraction of sp³-hybridized carbons (Fsp3) is 0.684. The largest absolute Gasteiger partial charge is 0.394 e. The van der Waals surface area contributed by atoms with Gasteiger partial charge in [0.1, 0.15) is 6.10 Å². The van der Waals surface area contributed by atoms with Crippen LogP contribution in [0.25, 0.3) is 0 Å². The van der Waals surface area contributed by atoms with Gasteiger partial charge in [0.15, 0.2) is 5.78 Å². The van der Waals surface area contributed by atoms with E-state index in [1.165, 1.54) is 44.6 Å². The normalized spacial score (nSPS) is 26.6. The van der Waals surface area contributed by atoms with E-state index < -0.39 is 36.0 Å². The van der Waals surface area contributed by atoms with Crippen molar-refractivity contribution in [1.82, 2.24) is 5.32 Å². The molecule has 3 atom stereocenters. The quantitative estimate of drug-likeness (QED) is 0.184.